The smallest absolute Gasteiger partial charge is 0.416 e. The summed E-state index contributed by atoms with van der Waals surface area (Å²) in [7, 11) is 1.53. The Kier molecular flexibility index (Phi) is 7.06. The largest absolute Gasteiger partial charge is 0.497 e. The van der Waals surface area contributed by atoms with Gasteiger partial charge in [-0.1, -0.05) is 23.7 Å². The highest BCUT2D eigenvalue weighted by Crippen LogP contribution is 2.33. The molecule has 0 bridgehead atoms. The number of anilines is 1. The Labute approximate surface area is 163 Å². The molecule has 1 N–H and O–H groups in total. The normalized spacial score (nSPS) is 11.3. The second kappa shape index (κ2) is 9.27. The molecule has 1 amide bonds. The second-order valence-corrected chi connectivity index (χ2v) is 5.86. The lowest BCUT2D eigenvalue weighted by Gasteiger charge is -2.11. The van der Waals surface area contributed by atoms with Gasteiger partial charge in [0.05, 0.1) is 23.4 Å². The molecule has 0 aromatic heterocycles. The second-order valence-electron chi connectivity index (χ2n) is 5.45. The highest BCUT2D eigenvalue weighted by atomic mass is 35.5. The summed E-state index contributed by atoms with van der Waals surface area (Å²) in [6, 6.07) is 9.35. The zero-order valence-electron chi connectivity index (χ0n) is 14.5. The number of carbonyl (C=O) groups is 2. The molecule has 0 spiro atoms. The molecule has 2 rings (SSSR count). The van der Waals surface area contributed by atoms with Crippen molar-refractivity contribution in [3.63, 3.8) is 0 Å². The Balaban J connectivity index is 1.89. The van der Waals surface area contributed by atoms with Crippen molar-refractivity contribution in [2.45, 2.75) is 6.18 Å². The third kappa shape index (κ3) is 6.31. The van der Waals surface area contributed by atoms with Crippen molar-refractivity contribution in [3.05, 3.63) is 64.7 Å². The van der Waals surface area contributed by atoms with Crippen LogP contribution >= 0.6 is 11.6 Å². The van der Waals surface area contributed by atoms with Crippen LogP contribution in [0.5, 0.6) is 5.75 Å². The molecule has 28 heavy (non-hydrogen) atoms. The van der Waals surface area contributed by atoms with Crippen molar-refractivity contribution >= 4 is 35.2 Å². The van der Waals surface area contributed by atoms with Gasteiger partial charge >= 0.3 is 12.1 Å². The van der Waals surface area contributed by atoms with Crippen molar-refractivity contribution in [2.24, 2.45) is 0 Å². The summed E-state index contributed by atoms with van der Waals surface area (Å²) in [6.07, 6.45) is -1.99. The lowest BCUT2D eigenvalue weighted by atomic mass is 10.2. The van der Waals surface area contributed by atoms with E-state index in [2.05, 4.69) is 5.32 Å². The van der Waals surface area contributed by atoms with E-state index in [1.807, 2.05) is 0 Å². The van der Waals surface area contributed by atoms with E-state index < -0.39 is 30.2 Å². The van der Waals surface area contributed by atoms with Gasteiger partial charge in [0.1, 0.15) is 5.75 Å². The molecule has 0 saturated heterocycles. The molecule has 0 radical (unpaired) electrons. The SMILES string of the molecule is COc1ccc(/C=C/C(=O)OCC(=O)Nc2cc(C(F)(F)F)ccc2Cl)cc1. The van der Waals surface area contributed by atoms with Crippen LogP contribution in [-0.2, 0) is 20.5 Å². The lowest BCUT2D eigenvalue weighted by Crippen LogP contribution is -2.20. The molecule has 5 nitrogen and oxygen atoms in total. The fraction of sp³-hybridized carbons (Fsp3) is 0.158. The molecule has 9 heteroatoms. The minimum Gasteiger partial charge on any atom is -0.497 e. The van der Waals surface area contributed by atoms with Gasteiger partial charge in [0.15, 0.2) is 6.61 Å². The lowest BCUT2D eigenvalue weighted by molar-refractivity contribution is -0.142. The maximum atomic E-state index is 12.7. The topological polar surface area (TPSA) is 64.6 Å². The summed E-state index contributed by atoms with van der Waals surface area (Å²) in [5, 5.41) is 2.10. The van der Waals surface area contributed by atoms with E-state index in [1.54, 1.807) is 24.3 Å². The van der Waals surface area contributed by atoms with E-state index in [1.165, 1.54) is 13.2 Å². The summed E-state index contributed by atoms with van der Waals surface area (Å²) in [4.78, 5) is 23.5. The van der Waals surface area contributed by atoms with Crippen LogP contribution in [0.25, 0.3) is 6.08 Å². The number of methoxy groups -OCH3 is 1. The Morgan fingerprint density at radius 3 is 2.43 bits per heavy atom. The van der Waals surface area contributed by atoms with Crippen molar-refractivity contribution in [1.29, 1.82) is 0 Å². The van der Waals surface area contributed by atoms with Gasteiger partial charge in [-0.25, -0.2) is 4.79 Å². The predicted molar refractivity (Wildman–Crippen MR) is 98.1 cm³/mol. The number of benzene rings is 2. The van der Waals surface area contributed by atoms with E-state index in [0.717, 1.165) is 18.2 Å². The minimum atomic E-state index is -4.58. The minimum absolute atomic E-state index is 0.0768. The average Bonchev–Trinajstić information content (AvgIpc) is 2.66. The fourth-order valence-corrected chi connectivity index (χ4v) is 2.21. The highest BCUT2D eigenvalue weighted by molar-refractivity contribution is 6.33. The molecule has 0 unspecified atom stereocenters. The van der Waals surface area contributed by atoms with E-state index in [4.69, 9.17) is 21.1 Å². The zero-order chi connectivity index (χ0) is 20.7. The van der Waals surface area contributed by atoms with Crippen LogP contribution in [0.4, 0.5) is 18.9 Å². The number of nitrogens with one attached hydrogen (secondary N) is 1. The number of carbonyl (C=O) groups excluding carboxylic acids is 2. The van der Waals surface area contributed by atoms with Crippen LogP contribution in [0.1, 0.15) is 11.1 Å². The van der Waals surface area contributed by atoms with Gasteiger partial charge in [-0.2, -0.15) is 13.2 Å². The maximum Gasteiger partial charge on any atom is 0.416 e. The Bertz CT molecular complexity index is 880. The van der Waals surface area contributed by atoms with Crippen molar-refractivity contribution in [2.75, 3.05) is 19.0 Å². The quantitative estimate of drug-likeness (QED) is 0.557. The van der Waals surface area contributed by atoms with Gasteiger partial charge in [0.25, 0.3) is 5.91 Å². The molecule has 0 atom stereocenters. The number of halogens is 4. The van der Waals surface area contributed by atoms with Crippen LogP contribution in [0.2, 0.25) is 5.02 Å². The molecule has 0 saturated carbocycles. The maximum absolute atomic E-state index is 12.7. The summed E-state index contributed by atoms with van der Waals surface area (Å²) in [5.74, 6) is -0.960. The molecule has 2 aromatic rings. The van der Waals surface area contributed by atoms with Gasteiger partial charge in [0.2, 0.25) is 0 Å². The highest BCUT2D eigenvalue weighted by Gasteiger charge is 2.31. The van der Waals surface area contributed by atoms with Crippen molar-refractivity contribution in [1.82, 2.24) is 0 Å². The number of rotatable bonds is 6. The molecule has 0 fully saturated rings. The first-order valence-corrected chi connectivity index (χ1v) is 8.22. The molecular formula is C19H15ClF3NO4. The first kappa shape index (κ1) is 21.3. The van der Waals surface area contributed by atoms with Gasteiger partial charge in [-0.05, 0) is 42.0 Å². The monoisotopic (exact) mass is 413 g/mol. The molecule has 0 aliphatic heterocycles. The average molecular weight is 414 g/mol. The van der Waals surface area contributed by atoms with Crippen LogP contribution in [-0.4, -0.2) is 25.6 Å². The zero-order valence-corrected chi connectivity index (χ0v) is 15.3. The summed E-state index contributed by atoms with van der Waals surface area (Å²) in [6.45, 7) is -0.682. The standard InChI is InChI=1S/C19H15ClF3NO4/c1-27-14-6-2-12(3-7-14)4-9-18(26)28-11-17(25)24-16-10-13(19(21,22)23)5-8-15(16)20/h2-10H,11H2,1H3,(H,24,25)/b9-4+. The van der Waals surface area contributed by atoms with Crippen molar-refractivity contribution in [3.8, 4) is 5.75 Å². The number of esters is 1. The van der Waals surface area contributed by atoms with E-state index in [-0.39, 0.29) is 10.7 Å². The summed E-state index contributed by atoms with van der Waals surface area (Å²) < 4.78 is 47.9. The third-order valence-corrected chi connectivity index (χ3v) is 3.77. The molecule has 0 aliphatic carbocycles. The number of hydrogen-bond donors (Lipinski definition) is 1. The van der Waals surface area contributed by atoms with Gasteiger partial charge in [-0.15, -0.1) is 0 Å². The van der Waals surface area contributed by atoms with E-state index >= 15 is 0 Å². The van der Waals surface area contributed by atoms with Gasteiger partial charge in [-0.3, -0.25) is 4.79 Å². The van der Waals surface area contributed by atoms with Gasteiger partial charge < -0.3 is 14.8 Å². The van der Waals surface area contributed by atoms with Gasteiger partial charge in [0, 0.05) is 6.08 Å². The van der Waals surface area contributed by atoms with E-state index in [0.29, 0.717) is 17.4 Å². The first-order chi connectivity index (χ1) is 13.2. The number of alkyl halides is 3. The van der Waals surface area contributed by atoms with Crippen LogP contribution in [0.15, 0.2) is 48.5 Å². The summed E-state index contributed by atoms with van der Waals surface area (Å²) >= 11 is 5.78. The Morgan fingerprint density at radius 2 is 1.82 bits per heavy atom. The fourth-order valence-electron chi connectivity index (χ4n) is 2.05. The van der Waals surface area contributed by atoms with E-state index in [9.17, 15) is 22.8 Å². The van der Waals surface area contributed by atoms with Crippen LogP contribution < -0.4 is 10.1 Å². The third-order valence-electron chi connectivity index (χ3n) is 3.44. The number of ether oxygens (including phenoxy) is 2. The van der Waals surface area contributed by atoms with Crippen LogP contribution in [0.3, 0.4) is 0 Å². The van der Waals surface area contributed by atoms with Crippen LogP contribution in [0, 0.1) is 0 Å². The Hall–Kier alpha value is -3.00. The molecule has 0 aliphatic rings. The Morgan fingerprint density at radius 1 is 1.14 bits per heavy atom. The number of amides is 1. The number of hydrogen-bond acceptors (Lipinski definition) is 4. The molecular weight excluding hydrogens is 399 g/mol. The summed E-state index contributed by atoms with van der Waals surface area (Å²) in [5.41, 5.74) is -0.490. The molecule has 2 aromatic carbocycles. The molecule has 148 valence electrons. The van der Waals surface area contributed by atoms with Crippen molar-refractivity contribution < 1.29 is 32.2 Å². The predicted octanol–water partition coefficient (Wildman–Crippen LogP) is 4.56. The molecule has 0 heterocycles. The first-order valence-electron chi connectivity index (χ1n) is 7.84.